The Balaban J connectivity index is 1.38. The Kier molecular flexibility index (Phi) is 7.83. The maximum absolute atomic E-state index is 13.1. The van der Waals surface area contributed by atoms with Crippen LogP contribution in [0.4, 0.5) is 0 Å². The van der Waals surface area contributed by atoms with Crippen LogP contribution in [0.2, 0.25) is 0 Å². The Morgan fingerprint density at radius 2 is 1.85 bits per heavy atom. The fraction of sp³-hybridized carbons (Fsp3) is 0.346. The molecule has 4 aromatic rings. The van der Waals surface area contributed by atoms with Gasteiger partial charge in [-0.25, -0.2) is 4.98 Å². The first kappa shape index (κ1) is 23.1. The molecule has 0 aliphatic carbocycles. The quantitative estimate of drug-likeness (QED) is 0.189. The van der Waals surface area contributed by atoms with E-state index in [-0.39, 0.29) is 17.2 Å². The number of aromatic nitrogens is 3. The van der Waals surface area contributed by atoms with Gasteiger partial charge in [-0.05, 0) is 36.6 Å². The molecule has 0 spiro atoms. The first-order valence-corrected chi connectivity index (χ1v) is 12.6. The summed E-state index contributed by atoms with van der Waals surface area (Å²) in [6.07, 6.45) is 7.06. The standard InChI is InChI=1S/C26H30N4O2S/c1-2-3-4-9-16-30-25(32)21-11-6-8-13-23(21)29-26(30)33-18-24(31)27-15-14-19-17-28-22-12-7-5-10-20(19)22/h5-8,10-13,17,28H,2-4,9,14-16,18H2,1H3,(H,27,31). The molecule has 0 fully saturated rings. The van der Waals surface area contributed by atoms with E-state index in [9.17, 15) is 9.59 Å². The van der Waals surface area contributed by atoms with Gasteiger partial charge in [0.2, 0.25) is 5.91 Å². The molecule has 0 unspecified atom stereocenters. The summed E-state index contributed by atoms with van der Waals surface area (Å²) in [5.41, 5.74) is 2.94. The molecule has 2 aromatic carbocycles. The lowest BCUT2D eigenvalue weighted by molar-refractivity contribution is -0.118. The maximum atomic E-state index is 13.1. The molecular formula is C26H30N4O2S. The van der Waals surface area contributed by atoms with Gasteiger partial charge < -0.3 is 10.3 Å². The summed E-state index contributed by atoms with van der Waals surface area (Å²) in [4.78, 5) is 33.6. The van der Waals surface area contributed by atoms with Crippen LogP contribution in [0.15, 0.2) is 64.7 Å². The van der Waals surface area contributed by atoms with Crippen molar-refractivity contribution in [3.05, 3.63) is 70.6 Å². The Morgan fingerprint density at radius 1 is 1.06 bits per heavy atom. The van der Waals surface area contributed by atoms with Gasteiger partial charge in [-0.2, -0.15) is 0 Å². The van der Waals surface area contributed by atoms with Crippen molar-refractivity contribution in [1.29, 1.82) is 0 Å². The Morgan fingerprint density at radius 3 is 2.70 bits per heavy atom. The summed E-state index contributed by atoms with van der Waals surface area (Å²) in [6, 6.07) is 15.6. The third kappa shape index (κ3) is 5.66. The van der Waals surface area contributed by atoms with Crippen molar-refractivity contribution in [2.24, 2.45) is 0 Å². The molecule has 0 saturated heterocycles. The number of carbonyl (C=O) groups excluding carboxylic acids is 1. The topological polar surface area (TPSA) is 79.8 Å². The number of nitrogens with one attached hydrogen (secondary N) is 2. The van der Waals surface area contributed by atoms with E-state index in [1.807, 2.05) is 48.7 Å². The van der Waals surface area contributed by atoms with Gasteiger partial charge in [0.05, 0.1) is 16.7 Å². The van der Waals surface area contributed by atoms with Gasteiger partial charge >= 0.3 is 0 Å². The van der Waals surface area contributed by atoms with Gasteiger partial charge in [-0.3, -0.25) is 14.2 Å². The molecule has 172 valence electrons. The summed E-state index contributed by atoms with van der Waals surface area (Å²) < 4.78 is 1.74. The summed E-state index contributed by atoms with van der Waals surface area (Å²) in [5, 5.41) is 5.43. The Hall–Kier alpha value is -3.06. The van der Waals surface area contributed by atoms with Crippen LogP contribution < -0.4 is 10.9 Å². The lowest BCUT2D eigenvalue weighted by Crippen LogP contribution is -2.28. The van der Waals surface area contributed by atoms with Gasteiger partial charge in [0.25, 0.3) is 5.56 Å². The number of carbonyl (C=O) groups is 1. The number of unbranched alkanes of at least 4 members (excludes halogenated alkanes) is 3. The second kappa shape index (κ2) is 11.2. The molecule has 0 atom stereocenters. The van der Waals surface area contributed by atoms with Gasteiger partial charge in [0.15, 0.2) is 5.16 Å². The summed E-state index contributed by atoms with van der Waals surface area (Å²) in [7, 11) is 0. The number of para-hydroxylation sites is 2. The van der Waals surface area contributed by atoms with Gasteiger partial charge in [0.1, 0.15) is 0 Å². The molecule has 33 heavy (non-hydrogen) atoms. The van der Waals surface area contributed by atoms with Gasteiger partial charge in [-0.1, -0.05) is 68.3 Å². The zero-order valence-electron chi connectivity index (χ0n) is 19.0. The molecule has 6 nitrogen and oxygen atoms in total. The molecule has 0 aliphatic rings. The van der Waals surface area contributed by atoms with Crippen molar-refractivity contribution in [1.82, 2.24) is 19.9 Å². The summed E-state index contributed by atoms with van der Waals surface area (Å²) in [5.74, 6) is 0.174. The number of benzene rings is 2. The van der Waals surface area contributed by atoms with E-state index < -0.39 is 0 Å². The summed E-state index contributed by atoms with van der Waals surface area (Å²) >= 11 is 1.33. The highest BCUT2D eigenvalue weighted by molar-refractivity contribution is 7.99. The molecule has 4 rings (SSSR count). The van der Waals surface area contributed by atoms with Crippen molar-refractivity contribution in [3.8, 4) is 0 Å². The monoisotopic (exact) mass is 462 g/mol. The number of thioether (sulfide) groups is 1. The zero-order valence-corrected chi connectivity index (χ0v) is 19.8. The minimum atomic E-state index is -0.0558. The van der Waals surface area contributed by atoms with Crippen LogP contribution >= 0.6 is 11.8 Å². The van der Waals surface area contributed by atoms with E-state index in [1.54, 1.807) is 4.57 Å². The third-order valence-electron chi connectivity index (χ3n) is 5.79. The predicted molar refractivity (Wildman–Crippen MR) is 136 cm³/mol. The second-order valence-electron chi connectivity index (χ2n) is 8.18. The lowest BCUT2D eigenvalue weighted by atomic mass is 10.1. The lowest BCUT2D eigenvalue weighted by Gasteiger charge is -2.13. The fourth-order valence-corrected chi connectivity index (χ4v) is 4.86. The largest absolute Gasteiger partial charge is 0.361 e. The molecule has 2 aromatic heterocycles. The smallest absolute Gasteiger partial charge is 0.262 e. The van der Waals surface area contributed by atoms with E-state index in [2.05, 4.69) is 23.3 Å². The zero-order chi connectivity index (χ0) is 23.0. The van der Waals surface area contributed by atoms with E-state index >= 15 is 0 Å². The normalized spacial score (nSPS) is 11.3. The van der Waals surface area contributed by atoms with Crippen molar-refractivity contribution < 1.29 is 4.79 Å². The highest BCUT2D eigenvalue weighted by Crippen LogP contribution is 2.19. The average Bonchev–Trinajstić information content (AvgIpc) is 3.25. The van der Waals surface area contributed by atoms with Crippen molar-refractivity contribution >= 4 is 39.5 Å². The average molecular weight is 463 g/mol. The minimum Gasteiger partial charge on any atom is -0.361 e. The molecule has 2 N–H and O–H groups in total. The minimum absolute atomic E-state index is 0.0284. The number of amides is 1. The Bertz CT molecular complexity index is 1290. The van der Waals surface area contributed by atoms with Crippen LogP contribution in [0.25, 0.3) is 21.8 Å². The summed E-state index contributed by atoms with van der Waals surface area (Å²) in [6.45, 7) is 3.36. The number of nitrogens with zero attached hydrogens (tertiary/aromatic N) is 2. The fourth-order valence-electron chi connectivity index (χ4n) is 4.01. The molecule has 2 heterocycles. The van der Waals surface area contributed by atoms with Crippen LogP contribution in [-0.2, 0) is 17.8 Å². The van der Waals surface area contributed by atoms with Gasteiger partial charge in [0, 0.05) is 30.2 Å². The van der Waals surface area contributed by atoms with E-state index in [4.69, 9.17) is 4.98 Å². The van der Waals surface area contributed by atoms with Crippen LogP contribution in [0, 0.1) is 0 Å². The highest BCUT2D eigenvalue weighted by atomic mass is 32.2. The number of hydrogen-bond donors (Lipinski definition) is 2. The molecule has 0 aliphatic heterocycles. The number of aromatic amines is 1. The highest BCUT2D eigenvalue weighted by Gasteiger charge is 2.13. The maximum Gasteiger partial charge on any atom is 0.262 e. The predicted octanol–water partition coefficient (Wildman–Crippen LogP) is 4.91. The molecule has 7 heteroatoms. The number of rotatable bonds is 11. The van der Waals surface area contributed by atoms with Gasteiger partial charge in [-0.15, -0.1) is 0 Å². The second-order valence-corrected chi connectivity index (χ2v) is 9.12. The van der Waals surface area contributed by atoms with E-state index in [0.29, 0.717) is 29.1 Å². The Labute approximate surface area is 197 Å². The molecular weight excluding hydrogens is 432 g/mol. The molecule has 0 saturated carbocycles. The first-order chi connectivity index (χ1) is 16.2. The van der Waals surface area contributed by atoms with E-state index in [0.717, 1.165) is 37.6 Å². The van der Waals surface area contributed by atoms with Crippen molar-refractivity contribution in [2.75, 3.05) is 12.3 Å². The van der Waals surface area contributed by atoms with E-state index in [1.165, 1.54) is 22.7 Å². The number of H-pyrrole nitrogens is 1. The van der Waals surface area contributed by atoms with Crippen LogP contribution in [0.5, 0.6) is 0 Å². The molecule has 0 radical (unpaired) electrons. The molecule has 1 amide bonds. The van der Waals surface area contributed by atoms with Crippen LogP contribution in [0.3, 0.4) is 0 Å². The van der Waals surface area contributed by atoms with Crippen molar-refractivity contribution in [2.45, 2.75) is 50.7 Å². The third-order valence-corrected chi connectivity index (χ3v) is 6.76. The number of fused-ring (bicyclic) bond motifs is 2. The first-order valence-electron chi connectivity index (χ1n) is 11.6. The van der Waals surface area contributed by atoms with Crippen LogP contribution in [-0.4, -0.2) is 32.7 Å². The number of hydrogen-bond acceptors (Lipinski definition) is 4. The van der Waals surface area contributed by atoms with Crippen molar-refractivity contribution in [3.63, 3.8) is 0 Å². The SMILES string of the molecule is CCCCCCn1c(SCC(=O)NCCc2c[nH]c3ccccc23)nc2ccccc2c1=O. The van der Waals surface area contributed by atoms with Crippen LogP contribution in [0.1, 0.15) is 38.2 Å². The molecule has 0 bridgehead atoms.